The van der Waals surface area contributed by atoms with E-state index >= 15 is 0 Å². The lowest BCUT2D eigenvalue weighted by atomic mass is 10.0. The predicted octanol–water partition coefficient (Wildman–Crippen LogP) is 7.16. The highest BCUT2D eigenvalue weighted by Crippen LogP contribution is 2.44. The van der Waals surface area contributed by atoms with Crippen molar-refractivity contribution < 1.29 is 22.7 Å². The van der Waals surface area contributed by atoms with E-state index in [4.69, 9.17) is 4.74 Å². The summed E-state index contributed by atoms with van der Waals surface area (Å²) in [4.78, 5) is 18.7. The second-order valence-electron chi connectivity index (χ2n) is 10.6. The van der Waals surface area contributed by atoms with E-state index in [1.165, 1.54) is 12.1 Å². The summed E-state index contributed by atoms with van der Waals surface area (Å²) < 4.78 is 49.3. The highest BCUT2D eigenvalue weighted by atomic mass is 31.1. The molecule has 5 aromatic rings. The van der Waals surface area contributed by atoms with E-state index in [0.717, 1.165) is 33.1 Å². The summed E-state index contributed by atoms with van der Waals surface area (Å²) >= 11 is 0. The van der Waals surface area contributed by atoms with Crippen LogP contribution in [0, 0.1) is 0 Å². The van der Waals surface area contributed by atoms with Crippen LogP contribution in [0.3, 0.4) is 0 Å². The molecule has 1 N–H and O–H groups in total. The molecular weight excluding hydrogens is 580 g/mol. The zero-order valence-electron chi connectivity index (χ0n) is 23.3. The molecule has 7 rings (SSSR count). The van der Waals surface area contributed by atoms with Gasteiger partial charge in [-0.05, 0) is 53.2 Å². The largest absolute Gasteiger partial charge is 0.471 e. The maximum Gasteiger partial charge on any atom is 0.417 e. The molecule has 0 bridgehead atoms. The summed E-state index contributed by atoms with van der Waals surface area (Å²) in [7, 11) is -1.14. The normalized spacial score (nSPS) is 17.0. The molecular formula is C36H26F3N2O2P. The van der Waals surface area contributed by atoms with Crippen molar-refractivity contribution in [2.75, 3.05) is 5.32 Å². The molecule has 0 saturated heterocycles. The minimum Gasteiger partial charge on any atom is -0.471 e. The minimum absolute atomic E-state index is 0.00427. The van der Waals surface area contributed by atoms with E-state index in [1.54, 1.807) is 12.1 Å². The van der Waals surface area contributed by atoms with Crippen molar-refractivity contribution in [3.05, 3.63) is 155 Å². The fourth-order valence-corrected chi connectivity index (χ4v) is 8.42. The van der Waals surface area contributed by atoms with Gasteiger partial charge >= 0.3 is 6.18 Å². The Hall–Kier alpha value is -4.74. The van der Waals surface area contributed by atoms with Crippen LogP contribution >= 0.6 is 7.92 Å². The first kappa shape index (κ1) is 28.1. The van der Waals surface area contributed by atoms with Crippen LogP contribution in [0.2, 0.25) is 0 Å². The van der Waals surface area contributed by atoms with E-state index in [2.05, 4.69) is 10.3 Å². The van der Waals surface area contributed by atoms with Crippen LogP contribution in [0.25, 0.3) is 0 Å². The summed E-state index contributed by atoms with van der Waals surface area (Å²) in [6.07, 6.45) is -4.53. The van der Waals surface area contributed by atoms with E-state index < -0.39 is 37.7 Å². The second-order valence-corrected chi connectivity index (χ2v) is 12.8. The molecule has 1 amide bonds. The smallest absolute Gasteiger partial charge is 0.417 e. The summed E-state index contributed by atoms with van der Waals surface area (Å²) in [5, 5.41) is 5.71. The molecule has 218 valence electrons. The molecule has 2 atom stereocenters. The van der Waals surface area contributed by atoms with Crippen LogP contribution in [0.5, 0.6) is 0 Å². The number of carbonyl (C=O) groups excluding carboxylic acids is 1. The number of anilines is 1. The predicted molar refractivity (Wildman–Crippen MR) is 169 cm³/mol. The number of alkyl halides is 3. The van der Waals surface area contributed by atoms with E-state index in [-0.39, 0.29) is 17.1 Å². The van der Waals surface area contributed by atoms with Crippen LogP contribution in [0.15, 0.2) is 132 Å². The van der Waals surface area contributed by atoms with Gasteiger partial charge in [0, 0.05) is 12.0 Å². The molecule has 0 spiro atoms. The van der Waals surface area contributed by atoms with E-state index in [0.29, 0.717) is 12.0 Å². The summed E-state index contributed by atoms with van der Waals surface area (Å²) in [6, 6.07) is 38.2. The van der Waals surface area contributed by atoms with Crippen molar-refractivity contribution in [2.24, 2.45) is 4.99 Å². The second kappa shape index (κ2) is 11.4. The van der Waals surface area contributed by atoms with Gasteiger partial charge in [0.15, 0.2) is 0 Å². The molecule has 1 heterocycles. The van der Waals surface area contributed by atoms with Gasteiger partial charge in [-0.1, -0.05) is 109 Å². The lowest BCUT2D eigenvalue weighted by Crippen LogP contribution is -2.28. The van der Waals surface area contributed by atoms with E-state index in [1.807, 2.05) is 97.1 Å². The molecule has 0 aromatic heterocycles. The van der Waals surface area contributed by atoms with Gasteiger partial charge in [0.1, 0.15) is 12.1 Å². The number of nitrogens with zero attached hydrogens (tertiary/aromatic N) is 1. The first-order valence-electron chi connectivity index (χ1n) is 14.2. The number of fused-ring (bicyclic) bond motifs is 3. The van der Waals surface area contributed by atoms with Crippen molar-refractivity contribution in [3.8, 4) is 0 Å². The number of rotatable bonds is 6. The van der Waals surface area contributed by atoms with E-state index in [9.17, 15) is 18.0 Å². The third-order valence-corrected chi connectivity index (χ3v) is 10.4. The van der Waals surface area contributed by atoms with Gasteiger partial charge in [-0.15, -0.1) is 0 Å². The Morgan fingerprint density at radius 2 is 1.41 bits per heavy atom. The fourth-order valence-electron chi connectivity index (χ4n) is 5.97. The van der Waals surface area contributed by atoms with Crippen molar-refractivity contribution in [1.29, 1.82) is 0 Å². The van der Waals surface area contributed by atoms with Gasteiger partial charge in [0.05, 0.1) is 16.8 Å². The Morgan fingerprint density at radius 1 is 0.773 bits per heavy atom. The molecule has 8 heteroatoms. The quantitative estimate of drug-likeness (QED) is 0.209. The van der Waals surface area contributed by atoms with Crippen LogP contribution < -0.4 is 21.2 Å². The maximum atomic E-state index is 14.4. The number of halogens is 3. The standard InChI is InChI=1S/C36H26F3N2O2P/c37-36(38,39)28-19-11-20-29(32(28)35-41-33-26-17-8-7-12-23(26)22-30(33)43-35)40-34(42)27-18-9-10-21-31(27)44(24-13-3-1-4-14-24)25-15-5-2-6-16-25/h1-21,30,33H,22H2,(H,40,42). The molecule has 5 aromatic carbocycles. The molecule has 4 nitrogen and oxygen atoms in total. The number of amides is 1. The number of benzene rings is 5. The topological polar surface area (TPSA) is 50.7 Å². The van der Waals surface area contributed by atoms with Gasteiger partial charge in [-0.2, -0.15) is 13.2 Å². The molecule has 0 radical (unpaired) electrons. The Kier molecular flexibility index (Phi) is 7.27. The van der Waals surface area contributed by atoms with Crippen molar-refractivity contribution >= 4 is 41.3 Å². The van der Waals surface area contributed by atoms with Crippen LogP contribution in [-0.2, 0) is 17.3 Å². The number of hydrogen-bond acceptors (Lipinski definition) is 3. The molecule has 44 heavy (non-hydrogen) atoms. The highest BCUT2D eigenvalue weighted by Gasteiger charge is 2.43. The van der Waals surface area contributed by atoms with Crippen LogP contribution in [-0.4, -0.2) is 17.9 Å². The first-order valence-corrected chi connectivity index (χ1v) is 15.6. The third-order valence-electron chi connectivity index (χ3n) is 7.92. The first-order chi connectivity index (χ1) is 21.4. The van der Waals surface area contributed by atoms with Crippen molar-refractivity contribution in [3.63, 3.8) is 0 Å². The molecule has 1 aliphatic heterocycles. The fraction of sp³-hybridized carbons (Fsp3) is 0.111. The lowest BCUT2D eigenvalue weighted by Gasteiger charge is -2.22. The van der Waals surface area contributed by atoms with Gasteiger partial charge < -0.3 is 10.1 Å². The zero-order valence-corrected chi connectivity index (χ0v) is 24.2. The molecule has 0 fully saturated rings. The molecule has 0 saturated carbocycles. The Morgan fingerprint density at radius 3 is 2.11 bits per heavy atom. The average molecular weight is 607 g/mol. The van der Waals surface area contributed by atoms with Crippen LogP contribution in [0.1, 0.15) is 38.7 Å². The van der Waals surface area contributed by atoms with Gasteiger partial charge in [0.2, 0.25) is 5.90 Å². The number of carbonyl (C=O) groups is 1. The Balaban J connectivity index is 1.29. The summed E-state index contributed by atoms with van der Waals surface area (Å²) in [5.74, 6) is -0.619. The number of aliphatic imine (C=N–C) groups is 1. The SMILES string of the molecule is O=C(Nc1cccc(C(F)(F)F)c1C1=NC2c3ccccc3CC2O1)c1ccccc1P(c1ccccc1)c1ccccc1. The average Bonchev–Trinajstić information content (AvgIpc) is 3.60. The van der Waals surface area contributed by atoms with Gasteiger partial charge in [-0.3, -0.25) is 4.79 Å². The number of nitrogens with one attached hydrogen (secondary N) is 1. The van der Waals surface area contributed by atoms with Crippen molar-refractivity contribution in [1.82, 2.24) is 0 Å². The number of hydrogen-bond donors (Lipinski definition) is 1. The molecule has 2 aliphatic rings. The third kappa shape index (κ3) is 5.18. The highest BCUT2D eigenvalue weighted by molar-refractivity contribution is 7.80. The van der Waals surface area contributed by atoms with Crippen LogP contribution in [0.4, 0.5) is 18.9 Å². The monoisotopic (exact) mass is 606 g/mol. The molecule has 2 unspecified atom stereocenters. The molecule has 1 aliphatic carbocycles. The van der Waals surface area contributed by atoms with Gasteiger partial charge in [0.25, 0.3) is 5.91 Å². The number of ether oxygens (including phenoxy) is 1. The maximum absolute atomic E-state index is 14.4. The summed E-state index contributed by atoms with van der Waals surface area (Å²) in [6.45, 7) is 0. The minimum atomic E-state index is -4.69. The summed E-state index contributed by atoms with van der Waals surface area (Å²) in [5.41, 5.74) is 1.24. The Bertz CT molecular complexity index is 1840. The lowest BCUT2D eigenvalue weighted by molar-refractivity contribution is -0.137. The van der Waals surface area contributed by atoms with Crippen molar-refractivity contribution in [2.45, 2.75) is 24.7 Å². The Labute approximate surface area is 254 Å². The van der Waals surface area contributed by atoms with Gasteiger partial charge in [-0.25, -0.2) is 4.99 Å². The zero-order chi connectivity index (χ0) is 30.3.